The lowest BCUT2D eigenvalue weighted by molar-refractivity contribution is -0.116. The first-order valence-electron chi connectivity index (χ1n) is 6.44. The van der Waals surface area contributed by atoms with Crippen LogP contribution in [0.2, 0.25) is 0 Å². The number of hydrogen-bond donors (Lipinski definition) is 1. The minimum Gasteiger partial charge on any atom is -0.491 e. The van der Waals surface area contributed by atoms with Crippen LogP contribution < -0.4 is 5.32 Å². The molecule has 1 unspecified atom stereocenters. The Hall–Kier alpha value is -1.84. The van der Waals surface area contributed by atoms with E-state index >= 15 is 0 Å². The van der Waals surface area contributed by atoms with Crippen molar-refractivity contribution in [2.45, 2.75) is 32.9 Å². The van der Waals surface area contributed by atoms with E-state index in [-0.39, 0.29) is 17.8 Å². The van der Waals surface area contributed by atoms with Crippen molar-refractivity contribution in [1.29, 1.82) is 0 Å². The lowest BCUT2D eigenvalue weighted by atomic mass is 10.0. The molecule has 1 aromatic rings. The van der Waals surface area contributed by atoms with Gasteiger partial charge in [-0.25, -0.2) is 4.39 Å². The molecule has 1 atom stereocenters. The summed E-state index contributed by atoms with van der Waals surface area (Å²) in [5.41, 5.74) is 0.880. The normalized spacial score (nSPS) is 18.4. The maximum atomic E-state index is 12.8. The number of halogens is 1. The maximum Gasteiger partial charge on any atom is 0.248 e. The molecule has 1 N–H and O–H groups in total. The number of amides is 1. The molecule has 1 heterocycles. The summed E-state index contributed by atoms with van der Waals surface area (Å²) in [6.45, 7) is 4.54. The van der Waals surface area contributed by atoms with Crippen molar-refractivity contribution in [3.63, 3.8) is 0 Å². The number of carbonyl (C=O) groups is 1. The van der Waals surface area contributed by atoms with E-state index in [2.05, 4.69) is 19.2 Å². The van der Waals surface area contributed by atoms with Crippen LogP contribution >= 0.6 is 0 Å². The molecule has 0 aromatic heterocycles. The Kier molecular flexibility index (Phi) is 4.20. The Morgan fingerprint density at radius 3 is 2.63 bits per heavy atom. The highest BCUT2D eigenvalue weighted by Crippen LogP contribution is 2.20. The summed E-state index contributed by atoms with van der Waals surface area (Å²) in [5.74, 6) is 0.766. The SMILES string of the molecule is CC(C)CC1NC(=O)C=C1OCc1ccc(F)cc1. The molecule has 0 radical (unpaired) electrons. The fraction of sp³-hybridized carbons (Fsp3) is 0.400. The van der Waals surface area contributed by atoms with Gasteiger partial charge in [-0.3, -0.25) is 4.79 Å². The van der Waals surface area contributed by atoms with Crippen molar-refractivity contribution in [3.05, 3.63) is 47.5 Å². The number of hydrogen-bond acceptors (Lipinski definition) is 2. The van der Waals surface area contributed by atoms with Gasteiger partial charge in [-0.1, -0.05) is 26.0 Å². The van der Waals surface area contributed by atoms with Crippen LogP contribution in [0.5, 0.6) is 0 Å². The largest absolute Gasteiger partial charge is 0.491 e. The van der Waals surface area contributed by atoms with E-state index in [0.29, 0.717) is 18.3 Å². The summed E-state index contributed by atoms with van der Waals surface area (Å²) in [7, 11) is 0. The van der Waals surface area contributed by atoms with Gasteiger partial charge in [0, 0.05) is 6.08 Å². The van der Waals surface area contributed by atoms with Gasteiger partial charge in [0.25, 0.3) is 0 Å². The smallest absolute Gasteiger partial charge is 0.248 e. The highest BCUT2D eigenvalue weighted by molar-refractivity contribution is 5.91. The van der Waals surface area contributed by atoms with Crippen LogP contribution in [-0.2, 0) is 16.1 Å². The summed E-state index contributed by atoms with van der Waals surface area (Å²) in [6.07, 6.45) is 2.34. The van der Waals surface area contributed by atoms with Crippen LogP contribution in [0.25, 0.3) is 0 Å². The third kappa shape index (κ3) is 3.81. The molecule has 0 aliphatic carbocycles. The van der Waals surface area contributed by atoms with Crippen molar-refractivity contribution in [2.75, 3.05) is 0 Å². The number of rotatable bonds is 5. The van der Waals surface area contributed by atoms with Gasteiger partial charge >= 0.3 is 0 Å². The third-order valence-corrected chi connectivity index (χ3v) is 2.96. The quantitative estimate of drug-likeness (QED) is 0.887. The van der Waals surface area contributed by atoms with Gasteiger partial charge in [0.2, 0.25) is 5.91 Å². The van der Waals surface area contributed by atoms with E-state index in [9.17, 15) is 9.18 Å². The molecule has 0 saturated heterocycles. The second-order valence-corrected chi connectivity index (χ2v) is 5.15. The van der Waals surface area contributed by atoms with Crippen LogP contribution in [-0.4, -0.2) is 11.9 Å². The third-order valence-electron chi connectivity index (χ3n) is 2.96. The first kappa shape index (κ1) is 13.6. The van der Waals surface area contributed by atoms with E-state index in [0.717, 1.165) is 12.0 Å². The summed E-state index contributed by atoms with van der Waals surface area (Å²) in [6, 6.07) is 6.11. The second kappa shape index (κ2) is 5.87. The average Bonchev–Trinajstić information content (AvgIpc) is 2.68. The minimum absolute atomic E-state index is 0.0482. The Morgan fingerprint density at radius 1 is 1.32 bits per heavy atom. The van der Waals surface area contributed by atoms with Crippen LogP contribution in [0.4, 0.5) is 4.39 Å². The Bertz CT molecular complexity index is 479. The predicted molar refractivity (Wildman–Crippen MR) is 70.7 cm³/mol. The van der Waals surface area contributed by atoms with Crippen LogP contribution in [0.15, 0.2) is 36.1 Å². The summed E-state index contributed by atoms with van der Waals surface area (Å²) < 4.78 is 18.4. The van der Waals surface area contributed by atoms with Gasteiger partial charge in [-0.2, -0.15) is 0 Å². The molecule has 0 fully saturated rings. The minimum atomic E-state index is -0.265. The number of ether oxygens (including phenoxy) is 1. The molecule has 1 aliphatic rings. The van der Waals surface area contributed by atoms with Gasteiger partial charge in [0.1, 0.15) is 18.2 Å². The Labute approximate surface area is 112 Å². The lowest BCUT2D eigenvalue weighted by Gasteiger charge is -2.18. The molecule has 1 aliphatic heterocycles. The molecular weight excluding hydrogens is 245 g/mol. The summed E-state index contributed by atoms with van der Waals surface area (Å²) in [4.78, 5) is 11.4. The zero-order valence-corrected chi connectivity index (χ0v) is 11.2. The number of carbonyl (C=O) groups excluding carboxylic acids is 1. The standard InChI is InChI=1S/C15H18FNO2/c1-10(2)7-13-14(8-15(18)17-13)19-9-11-3-5-12(16)6-4-11/h3-6,8,10,13H,7,9H2,1-2H3,(H,17,18). The van der Waals surface area contributed by atoms with E-state index in [1.165, 1.54) is 18.2 Å². The molecule has 0 bridgehead atoms. The molecular formula is C15H18FNO2. The molecule has 3 nitrogen and oxygen atoms in total. The zero-order valence-electron chi connectivity index (χ0n) is 11.2. The van der Waals surface area contributed by atoms with E-state index in [4.69, 9.17) is 4.74 Å². The Morgan fingerprint density at radius 2 is 2.00 bits per heavy atom. The van der Waals surface area contributed by atoms with E-state index in [1.807, 2.05) is 0 Å². The van der Waals surface area contributed by atoms with E-state index < -0.39 is 0 Å². The predicted octanol–water partition coefficient (Wildman–Crippen LogP) is 2.77. The molecule has 1 amide bonds. The number of nitrogens with one attached hydrogen (secondary N) is 1. The summed E-state index contributed by atoms with van der Waals surface area (Å²) in [5, 5.41) is 2.86. The van der Waals surface area contributed by atoms with Crippen LogP contribution in [0.1, 0.15) is 25.8 Å². The molecule has 2 rings (SSSR count). The number of benzene rings is 1. The van der Waals surface area contributed by atoms with Crippen molar-refractivity contribution in [3.8, 4) is 0 Å². The van der Waals surface area contributed by atoms with Crippen molar-refractivity contribution in [2.24, 2.45) is 5.92 Å². The zero-order chi connectivity index (χ0) is 13.8. The fourth-order valence-corrected chi connectivity index (χ4v) is 2.05. The molecule has 0 saturated carbocycles. The topological polar surface area (TPSA) is 38.3 Å². The monoisotopic (exact) mass is 263 g/mol. The lowest BCUT2D eigenvalue weighted by Crippen LogP contribution is -2.30. The molecule has 0 spiro atoms. The van der Waals surface area contributed by atoms with Gasteiger partial charge in [0.05, 0.1) is 6.04 Å². The van der Waals surface area contributed by atoms with Gasteiger partial charge in [-0.05, 0) is 30.0 Å². The fourth-order valence-electron chi connectivity index (χ4n) is 2.05. The molecule has 4 heteroatoms. The molecule has 1 aromatic carbocycles. The molecule has 19 heavy (non-hydrogen) atoms. The van der Waals surface area contributed by atoms with Crippen molar-refractivity contribution < 1.29 is 13.9 Å². The summed E-state index contributed by atoms with van der Waals surface area (Å²) >= 11 is 0. The highest BCUT2D eigenvalue weighted by Gasteiger charge is 2.25. The average molecular weight is 263 g/mol. The first-order chi connectivity index (χ1) is 9.04. The second-order valence-electron chi connectivity index (χ2n) is 5.15. The van der Waals surface area contributed by atoms with E-state index in [1.54, 1.807) is 12.1 Å². The first-order valence-corrected chi connectivity index (χ1v) is 6.44. The highest BCUT2D eigenvalue weighted by atomic mass is 19.1. The molecule has 102 valence electrons. The van der Waals surface area contributed by atoms with Crippen LogP contribution in [0, 0.1) is 11.7 Å². The maximum absolute atomic E-state index is 12.8. The van der Waals surface area contributed by atoms with Gasteiger partial charge < -0.3 is 10.1 Å². The van der Waals surface area contributed by atoms with Gasteiger partial charge in [0.15, 0.2) is 0 Å². The van der Waals surface area contributed by atoms with Gasteiger partial charge in [-0.15, -0.1) is 0 Å². The van der Waals surface area contributed by atoms with Crippen molar-refractivity contribution in [1.82, 2.24) is 5.32 Å². The van der Waals surface area contributed by atoms with Crippen molar-refractivity contribution >= 4 is 5.91 Å². The Balaban J connectivity index is 1.95. The van der Waals surface area contributed by atoms with Crippen LogP contribution in [0.3, 0.4) is 0 Å².